The molecule has 0 amide bonds. The van der Waals surface area contributed by atoms with Gasteiger partial charge in [-0.05, 0) is 61.4 Å². The molecule has 2 fully saturated rings. The van der Waals surface area contributed by atoms with Crippen LogP contribution in [-0.4, -0.2) is 54.6 Å². The average Bonchev–Trinajstić information content (AvgIpc) is 2.96. The van der Waals surface area contributed by atoms with Crippen molar-refractivity contribution in [2.45, 2.75) is 43.2 Å². The molecule has 0 bridgehead atoms. The summed E-state index contributed by atoms with van der Waals surface area (Å²) in [6, 6.07) is 17.1. The number of benzene rings is 2. The van der Waals surface area contributed by atoms with Gasteiger partial charge in [0.15, 0.2) is 0 Å². The molecule has 1 saturated carbocycles. The molecule has 1 atom stereocenters. The summed E-state index contributed by atoms with van der Waals surface area (Å²) in [5.74, 6) is 0.890. The van der Waals surface area contributed by atoms with Crippen molar-refractivity contribution < 1.29 is 19.0 Å². The van der Waals surface area contributed by atoms with E-state index in [1.807, 2.05) is 0 Å². The first kappa shape index (κ1) is 20.3. The third-order valence-corrected chi connectivity index (χ3v) is 6.20. The van der Waals surface area contributed by atoms with Crippen molar-refractivity contribution in [3.8, 4) is 5.75 Å². The monoisotopic (exact) mass is 399 g/mol. The van der Waals surface area contributed by atoms with E-state index < -0.39 is 5.60 Å². The van der Waals surface area contributed by atoms with Gasteiger partial charge in [-0.15, -0.1) is 0 Å². The predicted octanol–water partition coefficient (Wildman–Crippen LogP) is 3.99. The molecule has 156 valence electrons. The van der Waals surface area contributed by atoms with Crippen molar-refractivity contribution >= 4 is 0 Å². The van der Waals surface area contributed by atoms with Gasteiger partial charge in [-0.2, -0.15) is 0 Å². The normalized spacial score (nSPS) is 28.6. The van der Waals surface area contributed by atoms with Crippen molar-refractivity contribution in [3.05, 3.63) is 66.0 Å². The van der Waals surface area contributed by atoms with Crippen LogP contribution in [0.2, 0.25) is 0 Å². The Morgan fingerprint density at radius 3 is 2.48 bits per heavy atom. The zero-order chi connectivity index (χ0) is 20.1. The topological polar surface area (TPSA) is 41.9 Å². The Labute approximate surface area is 172 Å². The van der Waals surface area contributed by atoms with E-state index in [9.17, 15) is 9.50 Å². The minimum absolute atomic E-state index is 0.133. The second-order valence-corrected chi connectivity index (χ2v) is 8.41. The van der Waals surface area contributed by atoms with Crippen LogP contribution in [0.1, 0.15) is 37.2 Å². The molecule has 0 aromatic heterocycles. The number of hydrogen-bond donors (Lipinski definition) is 1. The van der Waals surface area contributed by atoms with Gasteiger partial charge in [-0.1, -0.05) is 30.3 Å². The maximum Gasteiger partial charge on any atom is 0.134 e. The highest BCUT2D eigenvalue weighted by molar-refractivity contribution is 5.22. The van der Waals surface area contributed by atoms with E-state index in [0.717, 1.165) is 19.4 Å². The first-order valence-corrected chi connectivity index (χ1v) is 10.6. The molecule has 2 aliphatic rings. The SMILES string of the molecule is O[C@]1(COc2ccc(F)cc2)COCCN(C2CCC(c3ccccc3)CC2)C1. The lowest BCUT2D eigenvalue weighted by molar-refractivity contribution is -0.0683. The zero-order valence-corrected chi connectivity index (χ0v) is 16.8. The predicted molar refractivity (Wildman–Crippen MR) is 111 cm³/mol. The highest BCUT2D eigenvalue weighted by atomic mass is 19.1. The quantitative estimate of drug-likeness (QED) is 0.825. The Balaban J connectivity index is 1.33. The van der Waals surface area contributed by atoms with Gasteiger partial charge in [0.2, 0.25) is 0 Å². The number of rotatable bonds is 5. The van der Waals surface area contributed by atoms with E-state index in [2.05, 4.69) is 35.2 Å². The number of β-amino-alcohol motifs (C(OH)–C–C–N with tert-alkyl or cyclic N) is 1. The number of nitrogens with zero attached hydrogens (tertiary/aromatic N) is 1. The molecule has 0 radical (unpaired) electrons. The van der Waals surface area contributed by atoms with Gasteiger partial charge in [-0.25, -0.2) is 4.39 Å². The molecule has 4 rings (SSSR count). The van der Waals surface area contributed by atoms with Gasteiger partial charge < -0.3 is 14.6 Å². The van der Waals surface area contributed by atoms with Crippen LogP contribution in [0, 0.1) is 5.82 Å². The summed E-state index contributed by atoms with van der Waals surface area (Å²) in [6.07, 6.45) is 4.62. The largest absolute Gasteiger partial charge is 0.490 e. The Bertz CT molecular complexity index is 761. The molecule has 1 saturated heterocycles. The van der Waals surface area contributed by atoms with Crippen LogP contribution in [0.3, 0.4) is 0 Å². The fourth-order valence-corrected chi connectivity index (χ4v) is 4.59. The summed E-state index contributed by atoms with van der Waals surface area (Å²) < 4.78 is 24.5. The van der Waals surface area contributed by atoms with E-state index in [-0.39, 0.29) is 19.0 Å². The molecule has 4 nitrogen and oxygen atoms in total. The summed E-state index contributed by atoms with van der Waals surface area (Å²) >= 11 is 0. The summed E-state index contributed by atoms with van der Waals surface area (Å²) in [4.78, 5) is 2.38. The van der Waals surface area contributed by atoms with Gasteiger partial charge in [-0.3, -0.25) is 4.90 Å². The molecule has 1 aliphatic heterocycles. The smallest absolute Gasteiger partial charge is 0.134 e. The van der Waals surface area contributed by atoms with Crippen molar-refractivity contribution in [2.75, 3.05) is 32.9 Å². The van der Waals surface area contributed by atoms with E-state index in [0.29, 0.717) is 30.9 Å². The first-order chi connectivity index (χ1) is 14.1. The number of aliphatic hydroxyl groups is 1. The molecular formula is C24H30FNO3. The minimum Gasteiger partial charge on any atom is -0.490 e. The molecule has 0 unspecified atom stereocenters. The minimum atomic E-state index is -1.07. The van der Waals surface area contributed by atoms with Crippen molar-refractivity contribution in [3.63, 3.8) is 0 Å². The highest BCUT2D eigenvalue weighted by Gasteiger charge is 2.37. The molecule has 2 aromatic rings. The Hall–Kier alpha value is -1.95. The van der Waals surface area contributed by atoms with Gasteiger partial charge in [0.1, 0.15) is 23.8 Å². The fourth-order valence-electron chi connectivity index (χ4n) is 4.59. The third-order valence-electron chi connectivity index (χ3n) is 6.20. The number of halogens is 1. The third kappa shape index (κ3) is 5.35. The van der Waals surface area contributed by atoms with E-state index in [1.54, 1.807) is 12.1 Å². The molecule has 1 heterocycles. The first-order valence-electron chi connectivity index (χ1n) is 10.6. The second-order valence-electron chi connectivity index (χ2n) is 8.41. The molecule has 29 heavy (non-hydrogen) atoms. The van der Waals surface area contributed by atoms with Gasteiger partial charge in [0.25, 0.3) is 0 Å². The van der Waals surface area contributed by atoms with E-state index in [1.165, 1.54) is 30.5 Å². The van der Waals surface area contributed by atoms with Crippen LogP contribution in [-0.2, 0) is 4.74 Å². The second kappa shape index (κ2) is 9.24. The fraction of sp³-hybridized carbons (Fsp3) is 0.500. The summed E-state index contributed by atoms with van der Waals surface area (Å²) in [5, 5.41) is 11.1. The van der Waals surface area contributed by atoms with Crippen molar-refractivity contribution in [2.24, 2.45) is 0 Å². The highest BCUT2D eigenvalue weighted by Crippen LogP contribution is 2.35. The Kier molecular flexibility index (Phi) is 6.48. The molecule has 5 heteroatoms. The van der Waals surface area contributed by atoms with Crippen LogP contribution >= 0.6 is 0 Å². The van der Waals surface area contributed by atoms with Gasteiger partial charge in [0.05, 0.1) is 13.2 Å². The zero-order valence-electron chi connectivity index (χ0n) is 16.8. The average molecular weight is 400 g/mol. The molecule has 0 spiro atoms. The summed E-state index contributed by atoms with van der Waals surface area (Å²) in [5.41, 5.74) is 0.371. The van der Waals surface area contributed by atoms with E-state index >= 15 is 0 Å². The Morgan fingerprint density at radius 1 is 1.03 bits per heavy atom. The lowest BCUT2D eigenvalue weighted by atomic mass is 9.81. The van der Waals surface area contributed by atoms with Crippen molar-refractivity contribution in [1.29, 1.82) is 0 Å². The van der Waals surface area contributed by atoms with Crippen LogP contribution in [0.25, 0.3) is 0 Å². The van der Waals surface area contributed by atoms with Gasteiger partial charge >= 0.3 is 0 Å². The van der Waals surface area contributed by atoms with E-state index in [4.69, 9.17) is 9.47 Å². The number of hydrogen-bond acceptors (Lipinski definition) is 4. The summed E-state index contributed by atoms with van der Waals surface area (Å²) in [6.45, 7) is 2.38. The maximum atomic E-state index is 13.1. The van der Waals surface area contributed by atoms with Gasteiger partial charge in [0, 0.05) is 19.1 Å². The van der Waals surface area contributed by atoms with Crippen LogP contribution < -0.4 is 4.74 Å². The molecular weight excluding hydrogens is 369 g/mol. The molecule has 2 aromatic carbocycles. The van der Waals surface area contributed by atoms with Crippen LogP contribution in [0.5, 0.6) is 5.75 Å². The maximum absolute atomic E-state index is 13.1. The molecule has 1 N–H and O–H groups in total. The summed E-state index contributed by atoms with van der Waals surface area (Å²) in [7, 11) is 0. The number of ether oxygens (including phenoxy) is 2. The molecule has 1 aliphatic carbocycles. The lowest BCUT2D eigenvalue weighted by Crippen LogP contribution is -2.52. The Morgan fingerprint density at radius 2 is 1.76 bits per heavy atom. The standard InChI is InChI=1S/C24H30FNO3/c25-21-8-12-23(13-9-21)29-18-24(27)16-26(14-15-28-17-24)22-10-6-20(7-11-22)19-4-2-1-3-5-19/h1-5,8-9,12-13,20,22,27H,6-7,10-11,14-18H2/t20?,22?,24-/m0/s1. The lowest BCUT2D eigenvalue weighted by Gasteiger charge is -2.39. The van der Waals surface area contributed by atoms with Crippen LogP contribution in [0.4, 0.5) is 4.39 Å². The van der Waals surface area contributed by atoms with Crippen molar-refractivity contribution in [1.82, 2.24) is 4.90 Å². The van der Waals surface area contributed by atoms with Crippen LogP contribution in [0.15, 0.2) is 54.6 Å².